The fourth-order valence-electron chi connectivity index (χ4n) is 0.664. The number of carbonyl (C=O) groups excluding carboxylic acids is 1. The van der Waals surface area contributed by atoms with Crippen molar-refractivity contribution in [2.45, 2.75) is 13.3 Å². The topological polar surface area (TPSA) is 65.2 Å². The van der Waals surface area contributed by atoms with Crippen LogP contribution in [0.2, 0.25) is 0 Å². The van der Waals surface area contributed by atoms with Crippen molar-refractivity contribution in [3.05, 3.63) is 30.6 Å². The van der Waals surface area contributed by atoms with Gasteiger partial charge in [-0.15, -0.1) is 0 Å². The van der Waals surface area contributed by atoms with Gasteiger partial charge < -0.3 is 10.5 Å². The first-order valence-corrected chi connectivity index (χ1v) is 4.52. The zero-order valence-corrected chi connectivity index (χ0v) is 8.35. The maximum atomic E-state index is 10.3. The van der Waals surface area contributed by atoms with E-state index in [1.165, 1.54) is 0 Å². The number of hydrogen-bond acceptors (Lipinski definition) is 4. The molecular weight excluding hydrogens is 180 g/mol. The molecule has 1 aromatic heterocycles. The second-order valence-electron chi connectivity index (χ2n) is 2.37. The minimum Gasteiger partial charge on any atom is -0.466 e. The lowest BCUT2D eigenvalue weighted by Crippen LogP contribution is -2.10. The van der Waals surface area contributed by atoms with Gasteiger partial charge in [0.25, 0.3) is 0 Å². The molecule has 0 spiro atoms. The Labute approximate surface area is 84.1 Å². The van der Waals surface area contributed by atoms with Crippen molar-refractivity contribution in [2.75, 3.05) is 13.2 Å². The zero-order valence-electron chi connectivity index (χ0n) is 8.35. The van der Waals surface area contributed by atoms with E-state index in [-0.39, 0.29) is 5.97 Å². The number of carbonyl (C=O) groups is 1. The van der Waals surface area contributed by atoms with Gasteiger partial charge in [0.15, 0.2) is 0 Å². The Kier molecular flexibility index (Phi) is 8.69. The van der Waals surface area contributed by atoms with E-state index in [2.05, 4.69) is 9.72 Å². The molecule has 0 amide bonds. The average molecular weight is 196 g/mol. The average Bonchev–Trinajstić information content (AvgIpc) is 2.22. The molecule has 0 fully saturated rings. The third-order valence-corrected chi connectivity index (χ3v) is 1.22. The maximum Gasteiger partial charge on any atom is 0.307 e. The quantitative estimate of drug-likeness (QED) is 0.732. The third-order valence-electron chi connectivity index (χ3n) is 1.22. The van der Waals surface area contributed by atoms with Gasteiger partial charge in [0.2, 0.25) is 0 Å². The molecule has 2 N–H and O–H groups in total. The van der Waals surface area contributed by atoms with Crippen LogP contribution < -0.4 is 5.73 Å². The van der Waals surface area contributed by atoms with Crippen LogP contribution >= 0.6 is 0 Å². The fraction of sp³-hybridized carbons (Fsp3) is 0.400. The lowest BCUT2D eigenvalue weighted by molar-refractivity contribution is -0.142. The number of nitrogens with two attached hydrogens (primary N) is 1. The smallest absolute Gasteiger partial charge is 0.307 e. The van der Waals surface area contributed by atoms with Crippen molar-refractivity contribution in [2.24, 2.45) is 5.73 Å². The van der Waals surface area contributed by atoms with E-state index in [4.69, 9.17) is 5.73 Å². The summed E-state index contributed by atoms with van der Waals surface area (Å²) >= 11 is 0. The van der Waals surface area contributed by atoms with E-state index in [0.717, 1.165) is 0 Å². The van der Waals surface area contributed by atoms with Crippen LogP contribution in [0.25, 0.3) is 0 Å². The minimum absolute atomic E-state index is 0.213. The summed E-state index contributed by atoms with van der Waals surface area (Å²) in [5.74, 6) is -0.213. The summed E-state index contributed by atoms with van der Waals surface area (Å²) < 4.78 is 4.56. The second-order valence-corrected chi connectivity index (χ2v) is 2.37. The third kappa shape index (κ3) is 8.67. The number of rotatable bonds is 3. The SMILES string of the molecule is CCOC(=O)CCN.c1ccncc1. The van der Waals surface area contributed by atoms with Crippen molar-refractivity contribution in [3.8, 4) is 0 Å². The fourth-order valence-corrected chi connectivity index (χ4v) is 0.664. The summed E-state index contributed by atoms with van der Waals surface area (Å²) in [6, 6.07) is 5.72. The van der Waals surface area contributed by atoms with E-state index in [0.29, 0.717) is 19.6 Å². The highest BCUT2D eigenvalue weighted by molar-refractivity contribution is 5.69. The number of ether oxygens (including phenoxy) is 1. The van der Waals surface area contributed by atoms with E-state index >= 15 is 0 Å². The number of nitrogens with zero attached hydrogens (tertiary/aromatic N) is 1. The van der Waals surface area contributed by atoms with Crippen LogP contribution in [-0.4, -0.2) is 24.1 Å². The largest absolute Gasteiger partial charge is 0.466 e. The van der Waals surface area contributed by atoms with Gasteiger partial charge in [-0.25, -0.2) is 0 Å². The minimum atomic E-state index is -0.213. The Bertz CT molecular complexity index is 192. The lowest BCUT2D eigenvalue weighted by Gasteiger charge is -1.96. The molecule has 0 bridgehead atoms. The Morgan fingerprint density at radius 1 is 1.36 bits per heavy atom. The summed E-state index contributed by atoms with van der Waals surface area (Å²) in [5, 5.41) is 0. The van der Waals surface area contributed by atoms with Crippen LogP contribution in [0, 0.1) is 0 Å². The number of aromatic nitrogens is 1. The monoisotopic (exact) mass is 196 g/mol. The molecule has 4 heteroatoms. The van der Waals surface area contributed by atoms with Gasteiger partial charge in [-0.2, -0.15) is 0 Å². The van der Waals surface area contributed by atoms with Gasteiger partial charge in [0.1, 0.15) is 0 Å². The van der Waals surface area contributed by atoms with Crippen molar-refractivity contribution >= 4 is 5.97 Å². The van der Waals surface area contributed by atoms with Crippen LogP contribution in [0.1, 0.15) is 13.3 Å². The predicted octanol–water partition coefficient (Wildman–Crippen LogP) is 0.980. The summed E-state index contributed by atoms with van der Waals surface area (Å²) in [5.41, 5.74) is 5.06. The number of esters is 1. The van der Waals surface area contributed by atoms with Crippen molar-refractivity contribution in [3.63, 3.8) is 0 Å². The maximum absolute atomic E-state index is 10.3. The molecule has 0 saturated carbocycles. The highest BCUT2D eigenvalue weighted by Crippen LogP contribution is 1.80. The molecule has 0 saturated heterocycles. The molecule has 0 aliphatic rings. The molecule has 1 aromatic rings. The number of hydrogen-bond donors (Lipinski definition) is 1. The first kappa shape index (κ1) is 12.6. The van der Waals surface area contributed by atoms with E-state index in [1.807, 2.05) is 18.2 Å². The molecule has 4 nitrogen and oxygen atoms in total. The normalized spacial score (nSPS) is 8.43. The summed E-state index contributed by atoms with van der Waals surface area (Å²) in [6.45, 7) is 2.59. The molecule has 0 aliphatic carbocycles. The molecular formula is C10H16N2O2. The molecule has 1 heterocycles. The number of pyridine rings is 1. The van der Waals surface area contributed by atoms with E-state index in [9.17, 15) is 4.79 Å². The van der Waals surface area contributed by atoms with Gasteiger partial charge in [0, 0.05) is 18.9 Å². The van der Waals surface area contributed by atoms with Crippen molar-refractivity contribution in [1.29, 1.82) is 0 Å². The van der Waals surface area contributed by atoms with Crippen LogP contribution in [0.4, 0.5) is 0 Å². The molecule has 0 atom stereocenters. The van der Waals surface area contributed by atoms with Gasteiger partial charge >= 0.3 is 5.97 Å². The van der Waals surface area contributed by atoms with Crippen molar-refractivity contribution in [1.82, 2.24) is 4.98 Å². The van der Waals surface area contributed by atoms with E-state index in [1.54, 1.807) is 19.3 Å². The molecule has 0 aromatic carbocycles. The molecule has 0 unspecified atom stereocenters. The Balaban J connectivity index is 0.000000249. The lowest BCUT2D eigenvalue weighted by atomic mass is 10.4. The van der Waals surface area contributed by atoms with Gasteiger partial charge in [-0.1, -0.05) is 6.07 Å². The Morgan fingerprint density at radius 3 is 2.29 bits per heavy atom. The Morgan fingerprint density at radius 2 is 2.00 bits per heavy atom. The first-order valence-electron chi connectivity index (χ1n) is 4.52. The summed E-state index contributed by atoms with van der Waals surface area (Å²) in [4.78, 5) is 14.1. The summed E-state index contributed by atoms with van der Waals surface area (Å²) in [7, 11) is 0. The predicted molar refractivity (Wildman–Crippen MR) is 54.5 cm³/mol. The summed E-state index contributed by atoms with van der Waals surface area (Å²) in [6.07, 6.45) is 3.83. The van der Waals surface area contributed by atoms with Crippen molar-refractivity contribution < 1.29 is 9.53 Å². The van der Waals surface area contributed by atoms with Crippen LogP contribution in [0.15, 0.2) is 30.6 Å². The van der Waals surface area contributed by atoms with E-state index < -0.39 is 0 Å². The molecule has 14 heavy (non-hydrogen) atoms. The second kappa shape index (κ2) is 9.67. The zero-order chi connectivity index (χ0) is 10.6. The highest BCUT2D eigenvalue weighted by Gasteiger charge is 1.95. The van der Waals surface area contributed by atoms with Crippen LogP contribution in [-0.2, 0) is 9.53 Å². The standard InChI is InChI=1S/C5H11NO2.C5H5N/c1-2-8-5(7)3-4-6;1-2-4-6-5-3-1/h2-4,6H2,1H3;1-5H. The Hall–Kier alpha value is -1.42. The highest BCUT2D eigenvalue weighted by atomic mass is 16.5. The molecule has 0 aliphatic heterocycles. The van der Waals surface area contributed by atoms with Gasteiger partial charge in [0.05, 0.1) is 13.0 Å². The molecule has 1 rings (SSSR count). The molecule has 0 radical (unpaired) electrons. The molecule has 78 valence electrons. The van der Waals surface area contributed by atoms with Crippen LogP contribution in [0.3, 0.4) is 0 Å². The van der Waals surface area contributed by atoms with Gasteiger partial charge in [-0.3, -0.25) is 9.78 Å². The van der Waals surface area contributed by atoms with Gasteiger partial charge in [-0.05, 0) is 19.1 Å². The first-order chi connectivity index (χ1) is 6.81. The van der Waals surface area contributed by atoms with Crippen LogP contribution in [0.5, 0.6) is 0 Å².